The van der Waals surface area contributed by atoms with Gasteiger partial charge in [0.2, 0.25) is 0 Å². The van der Waals surface area contributed by atoms with Gasteiger partial charge in [-0.2, -0.15) is 26.3 Å². The van der Waals surface area contributed by atoms with Crippen molar-refractivity contribution in [1.82, 2.24) is 0 Å². The summed E-state index contributed by atoms with van der Waals surface area (Å²) < 4.78 is 127. The molecule has 0 radical (unpaired) electrons. The Balaban J connectivity index is 0.884. The number of allylic oxidation sites excluding steroid dienone is 4. The molecule has 3 fully saturated rings. The van der Waals surface area contributed by atoms with Crippen LogP contribution >= 0.6 is 23.5 Å². The average molecular weight is 949 g/mol. The van der Waals surface area contributed by atoms with Gasteiger partial charge >= 0.3 is 17.8 Å². The van der Waals surface area contributed by atoms with E-state index in [4.69, 9.17) is 28.4 Å². The zero-order chi connectivity index (χ0) is 46.1. The highest BCUT2D eigenvalue weighted by molar-refractivity contribution is 8.14. The molecule has 356 valence electrons. The molecule has 6 nitrogen and oxygen atoms in total. The number of alkyl halides is 6. The first-order chi connectivity index (χ1) is 31.1. The number of unbranched alkanes of at least 4 members (excludes halogenated alkanes) is 6. The summed E-state index contributed by atoms with van der Waals surface area (Å²) in [5.74, 6) is -14.6. The minimum atomic E-state index is -5.62. The molecule has 8 rings (SSSR count). The van der Waals surface area contributed by atoms with Crippen molar-refractivity contribution < 1.29 is 54.8 Å². The maximum atomic E-state index is 16.0. The first kappa shape index (κ1) is 48.6. The van der Waals surface area contributed by atoms with Gasteiger partial charge in [-0.15, -0.1) is 23.5 Å². The van der Waals surface area contributed by atoms with Crippen molar-refractivity contribution in [2.24, 2.45) is 10.8 Å². The summed E-state index contributed by atoms with van der Waals surface area (Å²) in [6.07, 6.45) is 12.7. The van der Waals surface area contributed by atoms with Gasteiger partial charge in [0.1, 0.15) is 11.5 Å². The molecule has 14 heteroatoms. The van der Waals surface area contributed by atoms with Crippen LogP contribution in [0, 0.1) is 10.8 Å². The zero-order valence-corrected chi connectivity index (χ0v) is 39.6. The summed E-state index contributed by atoms with van der Waals surface area (Å²) in [4.78, 5) is 1.06. The molecule has 4 heterocycles. The van der Waals surface area contributed by atoms with Gasteiger partial charge in [-0.05, 0) is 124 Å². The number of hydrogen-bond donors (Lipinski definition) is 0. The Morgan fingerprint density at radius 2 is 0.862 bits per heavy atom. The van der Waals surface area contributed by atoms with Crippen molar-refractivity contribution in [1.29, 1.82) is 0 Å². The fourth-order valence-electron chi connectivity index (χ4n) is 9.46. The molecule has 0 N–H and O–H groups in total. The predicted octanol–water partition coefficient (Wildman–Crippen LogP) is 13.4. The van der Waals surface area contributed by atoms with Gasteiger partial charge in [-0.1, -0.05) is 51.0 Å². The largest absolute Gasteiger partial charge is 0.494 e. The Morgan fingerprint density at radius 3 is 1.18 bits per heavy atom. The van der Waals surface area contributed by atoms with Crippen molar-refractivity contribution in [2.45, 2.75) is 119 Å². The van der Waals surface area contributed by atoms with Crippen LogP contribution in [0.1, 0.15) is 103 Å². The first-order valence-electron chi connectivity index (χ1n) is 23.3. The van der Waals surface area contributed by atoms with E-state index >= 15 is 26.3 Å². The third-order valence-electron chi connectivity index (χ3n) is 14.5. The van der Waals surface area contributed by atoms with E-state index in [1.807, 2.05) is 0 Å². The fourth-order valence-corrected chi connectivity index (χ4v) is 12.6. The van der Waals surface area contributed by atoms with Crippen molar-refractivity contribution in [2.75, 3.05) is 66.1 Å². The fraction of sp³-hybridized carbons (Fsp3) is 0.608. The van der Waals surface area contributed by atoms with E-state index in [0.717, 1.165) is 117 Å². The van der Waals surface area contributed by atoms with Crippen LogP contribution < -0.4 is 9.47 Å². The maximum Gasteiger partial charge on any atom is 0.380 e. The van der Waals surface area contributed by atoms with Crippen molar-refractivity contribution >= 4 is 33.3 Å². The zero-order valence-electron chi connectivity index (χ0n) is 37.9. The molecule has 0 amide bonds. The van der Waals surface area contributed by atoms with Crippen LogP contribution in [0.5, 0.6) is 11.5 Å². The van der Waals surface area contributed by atoms with Crippen LogP contribution in [-0.4, -0.2) is 93.3 Å². The number of rotatable bonds is 24. The summed E-state index contributed by atoms with van der Waals surface area (Å²) in [7, 11) is 0. The molecule has 4 aliphatic heterocycles. The number of fused-ring (bicyclic) bond motifs is 4. The van der Waals surface area contributed by atoms with Crippen molar-refractivity contribution in [3.8, 4) is 11.5 Å². The second-order valence-corrected chi connectivity index (χ2v) is 21.9. The molecule has 2 aromatic carbocycles. The standard InChI is InChI=1S/C51H62F6O6S2/c1-5-47(31-60-32-47)29-58-23-11-7-9-13-25-62-37-19-15-35(16-20-37)41-27-39-43-44(50(54,55)51(56,57)49(43,52)53)40-28-42(65-46(40,4)45(39,3)64-41)36-17-21-38(22-18-36)63-26-14-10-8-12-24-59-30-48(6-2)33-61-34-48/h15-22,27-28H,5-14,23-26,29-34H2,1-4H3/t45-,46-/m1/s1. The topological polar surface area (TPSA) is 55.4 Å². The number of thioether (sulfide) groups is 2. The van der Waals surface area contributed by atoms with E-state index in [-0.39, 0.29) is 22.0 Å². The molecule has 6 aliphatic rings. The van der Waals surface area contributed by atoms with Crippen LogP contribution in [-0.2, 0) is 18.9 Å². The summed E-state index contributed by atoms with van der Waals surface area (Å²) in [5.41, 5.74) is -1.24. The van der Waals surface area contributed by atoms with Crippen molar-refractivity contribution in [3.63, 3.8) is 0 Å². The predicted molar refractivity (Wildman–Crippen MR) is 246 cm³/mol. The minimum Gasteiger partial charge on any atom is -0.494 e. The summed E-state index contributed by atoms with van der Waals surface area (Å²) >= 11 is 2.49. The molecule has 2 aromatic rings. The molecule has 2 aliphatic carbocycles. The molecule has 1 saturated carbocycles. The Morgan fingerprint density at radius 1 is 0.508 bits per heavy atom. The second kappa shape index (κ2) is 19.3. The Kier molecular flexibility index (Phi) is 14.4. The van der Waals surface area contributed by atoms with Gasteiger partial charge in [0, 0.05) is 45.0 Å². The van der Waals surface area contributed by atoms with Crippen LogP contribution in [0.2, 0.25) is 0 Å². The molecule has 0 unspecified atom stereocenters. The molecule has 0 spiro atoms. The number of halogens is 6. The molecular weight excluding hydrogens is 887 g/mol. The van der Waals surface area contributed by atoms with E-state index in [9.17, 15) is 0 Å². The number of benzene rings is 2. The molecular formula is C51H62F6O6S2. The van der Waals surface area contributed by atoms with Gasteiger partial charge < -0.3 is 28.4 Å². The van der Waals surface area contributed by atoms with Gasteiger partial charge in [-0.3, -0.25) is 0 Å². The number of ether oxygens (including phenoxy) is 6. The third-order valence-corrected chi connectivity index (χ3v) is 17.8. The highest BCUT2D eigenvalue weighted by Crippen LogP contribution is 2.75. The van der Waals surface area contributed by atoms with E-state index in [1.54, 1.807) is 62.4 Å². The monoisotopic (exact) mass is 948 g/mol. The highest BCUT2D eigenvalue weighted by atomic mass is 32.2. The van der Waals surface area contributed by atoms with E-state index in [2.05, 4.69) is 13.8 Å². The lowest BCUT2D eigenvalue weighted by atomic mass is 9.71. The molecule has 2 atom stereocenters. The second-order valence-electron chi connectivity index (χ2n) is 19.0. The highest BCUT2D eigenvalue weighted by Gasteiger charge is 2.84. The van der Waals surface area contributed by atoms with Gasteiger partial charge in [-0.25, -0.2) is 0 Å². The van der Waals surface area contributed by atoms with Crippen LogP contribution in [0.4, 0.5) is 26.3 Å². The SMILES string of the molecule is CCC1(COCCCCCCOc2ccc(C3=CC4=C5C(=C6C=C(c7ccc(OCCCCCCOCC8(CC)COC8)cc7)S[C@@]6(C)[C@]4(C)S3)C(F)(F)C(F)(F)C5(F)F)cc2)COC1. The quantitative estimate of drug-likeness (QED) is 0.0762. The summed E-state index contributed by atoms with van der Waals surface area (Å²) in [6, 6.07) is 14.3. The van der Waals surface area contributed by atoms with Gasteiger partial charge in [0.25, 0.3) is 0 Å². The van der Waals surface area contributed by atoms with Gasteiger partial charge in [0.05, 0.1) is 62.3 Å². The van der Waals surface area contributed by atoms with E-state index in [1.165, 1.54) is 35.7 Å². The lowest BCUT2D eigenvalue weighted by Gasteiger charge is -2.47. The molecule has 0 bridgehead atoms. The first-order valence-corrected chi connectivity index (χ1v) is 24.9. The maximum absolute atomic E-state index is 16.0. The van der Waals surface area contributed by atoms with Crippen LogP contribution in [0.25, 0.3) is 9.81 Å². The smallest absolute Gasteiger partial charge is 0.380 e. The Hall–Kier alpha value is -2.88. The van der Waals surface area contributed by atoms with Crippen molar-refractivity contribution in [3.05, 3.63) is 94.1 Å². The van der Waals surface area contributed by atoms with Crippen LogP contribution in [0.15, 0.2) is 83.0 Å². The summed E-state index contributed by atoms with van der Waals surface area (Å²) in [6.45, 7) is 14.8. The molecule has 0 aromatic heterocycles. The average Bonchev–Trinajstić information content (AvgIpc) is 3.84. The van der Waals surface area contributed by atoms with E-state index < -0.39 is 38.4 Å². The normalized spacial score (nSPS) is 26.2. The lowest BCUT2D eigenvalue weighted by Crippen LogP contribution is -2.48. The Bertz CT molecular complexity index is 1980. The Labute approximate surface area is 388 Å². The van der Waals surface area contributed by atoms with Gasteiger partial charge in [0.15, 0.2) is 0 Å². The minimum absolute atomic E-state index is 0.190. The number of hydrogen-bond acceptors (Lipinski definition) is 8. The van der Waals surface area contributed by atoms with Crippen LogP contribution in [0.3, 0.4) is 0 Å². The van der Waals surface area contributed by atoms with E-state index in [0.29, 0.717) is 45.6 Å². The lowest BCUT2D eigenvalue weighted by molar-refractivity contribution is -0.258. The summed E-state index contributed by atoms with van der Waals surface area (Å²) in [5, 5.41) is 0. The molecule has 2 saturated heterocycles. The molecule has 65 heavy (non-hydrogen) atoms. The third kappa shape index (κ3) is 8.99.